The number of rotatable bonds is 4. The van der Waals surface area contributed by atoms with Gasteiger partial charge in [-0.2, -0.15) is 0 Å². The molecular formula is C22H31N5O2. The van der Waals surface area contributed by atoms with Gasteiger partial charge < -0.3 is 14.3 Å². The fraction of sp³-hybridized carbons (Fsp3) is 0.636. The molecule has 4 heterocycles. The zero-order valence-corrected chi connectivity index (χ0v) is 17.9. The van der Waals surface area contributed by atoms with Gasteiger partial charge in [0, 0.05) is 24.2 Å². The molecular weight excluding hydrogens is 366 g/mol. The van der Waals surface area contributed by atoms with Crippen molar-refractivity contribution in [2.45, 2.75) is 46.5 Å². The van der Waals surface area contributed by atoms with Crippen molar-refractivity contribution >= 4 is 5.91 Å². The van der Waals surface area contributed by atoms with Crippen LogP contribution in [0.2, 0.25) is 0 Å². The number of aryl methyl sites for hydroxylation is 2. The van der Waals surface area contributed by atoms with E-state index < -0.39 is 0 Å². The zero-order chi connectivity index (χ0) is 20.6. The maximum Gasteiger partial charge on any atom is 0.228 e. The fourth-order valence-corrected chi connectivity index (χ4v) is 4.68. The van der Waals surface area contributed by atoms with Crippen molar-refractivity contribution in [2.75, 3.05) is 33.2 Å². The Labute approximate surface area is 172 Å². The molecule has 29 heavy (non-hydrogen) atoms. The zero-order valence-electron chi connectivity index (χ0n) is 17.9. The van der Waals surface area contributed by atoms with Gasteiger partial charge in [-0.05, 0) is 71.7 Å². The second-order valence-electron chi connectivity index (χ2n) is 9.07. The molecule has 0 bridgehead atoms. The van der Waals surface area contributed by atoms with E-state index in [1.807, 2.05) is 19.9 Å². The van der Waals surface area contributed by atoms with Crippen LogP contribution in [-0.2, 0) is 11.2 Å². The van der Waals surface area contributed by atoms with E-state index in [0.717, 1.165) is 80.3 Å². The second kappa shape index (κ2) is 7.86. The molecule has 2 saturated heterocycles. The van der Waals surface area contributed by atoms with Crippen LogP contribution in [0.15, 0.2) is 16.9 Å². The molecule has 2 aromatic heterocycles. The van der Waals surface area contributed by atoms with Gasteiger partial charge in [0.25, 0.3) is 0 Å². The number of carbonyl (C=O) groups excluding carboxylic acids is 1. The summed E-state index contributed by atoms with van der Waals surface area (Å²) in [5.41, 5.74) is 3.46. The van der Waals surface area contributed by atoms with E-state index in [9.17, 15) is 4.79 Å². The number of hydrogen-bond donors (Lipinski definition) is 0. The van der Waals surface area contributed by atoms with Crippen molar-refractivity contribution in [2.24, 2.45) is 11.3 Å². The van der Waals surface area contributed by atoms with Crippen molar-refractivity contribution < 1.29 is 9.32 Å². The van der Waals surface area contributed by atoms with Crippen LogP contribution in [0.1, 0.15) is 43.3 Å². The van der Waals surface area contributed by atoms with Crippen LogP contribution in [0.3, 0.4) is 0 Å². The number of aromatic nitrogens is 3. The van der Waals surface area contributed by atoms with E-state index >= 15 is 0 Å². The standard InChI is InChI=1S/C22H31N5O2/c1-15-20(16(2)29-25-15)19-12-18(23-14-24-19)11-17-5-8-27(13-17)21(28)22(3)6-9-26(4)10-7-22/h12,14,17H,5-11,13H2,1-4H3/t17-/m0/s1. The monoisotopic (exact) mass is 397 g/mol. The number of likely N-dealkylation sites (tertiary alicyclic amines) is 2. The molecule has 0 aliphatic carbocycles. The molecule has 156 valence electrons. The number of hydrogen-bond acceptors (Lipinski definition) is 6. The van der Waals surface area contributed by atoms with Gasteiger partial charge in [0.2, 0.25) is 5.91 Å². The molecule has 0 saturated carbocycles. The summed E-state index contributed by atoms with van der Waals surface area (Å²) >= 11 is 0. The third-order valence-corrected chi connectivity index (χ3v) is 6.69. The van der Waals surface area contributed by atoms with E-state index in [1.165, 1.54) is 0 Å². The van der Waals surface area contributed by atoms with E-state index in [2.05, 4.69) is 38.9 Å². The van der Waals surface area contributed by atoms with Crippen molar-refractivity contribution in [1.82, 2.24) is 24.9 Å². The Morgan fingerprint density at radius 3 is 2.69 bits per heavy atom. The number of nitrogens with zero attached hydrogens (tertiary/aromatic N) is 5. The summed E-state index contributed by atoms with van der Waals surface area (Å²) in [5, 5.41) is 4.03. The van der Waals surface area contributed by atoms with Crippen LogP contribution in [0.4, 0.5) is 0 Å². The van der Waals surface area contributed by atoms with Gasteiger partial charge in [-0.3, -0.25) is 4.79 Å². The van der Waals surface area contributed by atoms with E-state index in [0.29, 0.717) is 11.8 Å². The predicted molar refractivity (Wildman–Crippen MR) is 110 cm³/mol. The minimum Gasteiger partial charge on any atom is -0.361 e. The van der Waals surface area contributed by atoms with Crippen LogP contribution in [0, 0.1) is 25.2 Å². The molecule has 2 aliphatic rings. The summed E-state index contributed by atoms with van der Waals surface area (Å²) in [6.45, 7) is 9.68. The molecule has 0 N–H and O–H groups in total. The van der Waals surface area contributed by atoms with E-state index in [4.69, 9.17) is 4.52 Å². The number of amides is 1. The Morgan fingerprint density at radius 2 is 2.00 bits per heavy atom. The molecule has 0 unspecified atom stereocenters. The average molecular weight is 398 g/mol. The molecule has 4 rings (SSSR count). The third kappa shape index (κ3) is 4.06. The molecule has 1 atom stereocenters. The SMILES string of the molecule is Cc1noc(C)c1-c1cc(C[C@@H]2CCN(C(=O)C3(C)CCN(C)CC3)C2)ncn1. The average Bonchev–Trinajstić information content (AvgIpc) is 3.30. The van der Waals surface area contributed by atoms with Crippen LogP contribution in [0.5, 0.6) is 0 Å². The van der Waals surface area contributed by atoms with Crippen molar-refractivity contribution in [3.05, 3.63) is 29.5 Å². The maximum atomic E-state index is 13.2. The first-order valence-corrected chi connectivity index (χ1v) is 10.6. The lowest BCUT2D eigenvalue weighted by molar-refractivity contribution is -0.142. The van der Waals surface area contributed by atoms with Crippen molar-refractivity contribution in [1.29, 1.82) is 0 Å². The summed E-state index contributed by atoms with van der Waals surface area (Å²) in [5.74, 6) is 1.56. The fourth-order valence-electron chi connectivity index (χ4n) is 4.68. The molecule has 0 spiro atoms. The first kappa shape index (κ1) is 20.0. The Kier molecular flexibility index (Phi) is 5.42. The predicted octanol–water partition coefficient (Wildman–Crippen LogP) is 2.87. The first-order valence-electron chi connectivity index (χ1n) is 10.6. The number of piperidine rings is 1. The molecule has 2 aromatic rings. The Balaban J connectivity index is 1.41. The summed E-state index contributed by atoms with van der Waals surface area (Å²) in [7, 11) is 2.13. The van der Waals surface area contributed by atoms with Gasteiger partial charge in [0.15, 0.2) is 0 Å². The van der Waals surface area contributed by atoms with Crippen LogP contribution in [0.25, 0.3) is 11.3 Å². The molecule has 2 aliphatic heterocycles. The van der Waals surface area contributed by atoms with Gasteiger partial charge in [0.05, 0.1) is 17.0 Å². The van der Waals surface area contributed by atoms with Gasteiger partial charge in [-0.15, -0.1) is 0 Å². The lowest BCUT2D eigenvalue weighted by atomic mass is 9.79. The van der Waals surface area contributed by atoms with E-state index in [1.54, 1.807) is 6.33 Å². The van der Waals surface area contributed by atoms with Crippen molar-refractivity contribution in [3.8, 4) is 11.3 Å². The van der Waals surface area contributed by atoms with Gasteiger partial charge >= 0.3 is 0 Å². The molecule has 0 radical (unpaired) electrons. The van der Waals surface area contributed by atoms with Crippen LogP contribution in [-0.4, -0.2) is 64.1 Å². The quantitative estimate of drug-likeness (QED) is 0.790. The topological polar surface area (TPSA) is 75.4 Å². The highest BCUT2D eigenvalue weighted by Gasteiger charge is 2.40. The molecule has 2 fully saturated rings. The summed E-state index contributed by atoms with van der Waals surface area (Å²) in [4.78, 5) is 26.5. The minimum atomic E-state index is -0.202. The van der Waals surface area contributed by atoms with Gasteiger partial charge in [0.1, 0.15) is 12.1 Å². The Hall–Kier alpha value is -2.28. The largest absolute Gasteiger partial charge is 0.361 e. The maximum absolute atomic E-state index is 13.2. The minimum absolute atomic E-state index is 0.202. The lowest BCUT2D eigenvalue weighted by Gasteiger charge is -2.39. The number of carbonyl (C=O) groups is 1. The highest BCUT2D eigenvalue weighted by Crippen LogP contribution is 2.35. The van der Waals surface area contributed by atoms with Crippen molar-refractivity contribution in [3.63, 3.8) is 0 Å². The third-order valence-electron chi connectivity index (χ3n) is 6.69. The second-order valence-corrected chi connectivity index (χ2v) is 9.07. The van der Waals surface area contributed by atoms with Crippen LogP contribution >= 0.6 is 0 Å². The molecule has 7 heteroatoms. The summed E-state index contributed by atoms with van der Waals surface area (Å²) < 4.78 is 5.28. The molecule has 1 amide bonds. The molecule has 0 aromatic carbocycles. The van der Waals surface area contributed by atoms with Crippen LogP contribution < -0.4 is 0 Å². The Bertz CT molecular complexity index is 866. The smallest absolute Gasteiger partial charge is 0.228 e. The van der Waals surface area contributed by atoms with E-state index in [-0.39, 0.29) is 5.41 Å². The summed E-state index contributed by atoms with van der Waals surface area (Å²) in [6, 6.07) is 2.04. The summed E-state index contributed by atoms with van der Waals surface area (Å²) in [6.07, 6.45) is 5.43. The molecule has 7 nitrogen and oxygen atoms in total. The van der Waals surface area contributed by atoms with Gasteiger partial charge in [-0.25, -0.2) is 9.97 Å². The Morgan fingerprint density at radius 1 is 1.24 bits per heavy atom. The highest BCUT2D eigenvalue weighted by atomic mass is 16.5. The first-order chi connectivity index (χ1) is 13.9. The lowest BCUT2D eigenvalue weighted by Crippen LogP contribution is -2.47. The normalized spacial score (nSPS) is 22.2. The van der Waals surface area contributed by atoms with Gasteiger partial charge in [-0.1, -0.05) is 12.1 Å². The highest BCUT2D eigenvalue weighted by molar-refractivity contribution is 5.82.